The molecule has 0 radical (unpaired) electrons. The fourth-order valence-electron chi connectivity index (χ4n) is 37.7. The van der Waals surface area contributed by atoms with E-state index in [1.807, 2.05) is 62.3 Å². The fraction of sp³-hybridized carbons (Fsp3) is 0.952. The lowest BCUT2D eigenvalue weighted by atomic mass is 9.47. The van der Waals surface area contributed by atoms with Crippen LogP contribution < -0.4 is 0 Å². The smallest absolute Gasteiger partial charge is 0.312 e. The zero-order chi connectivity index (χ0) is 89.4. The number of carbonyl (C=O) groups excluding carboxylic acids is 6. The molecule has 24 saturated carbocycles. The number of hydrogen-bond donors (Lipinski definition) is 0. The van der Waals surface area contributed by atoms with Crippen LogP contribution in [0.15, 0.2) is 0 Å². The Morgan fingerprint density at radius 1 is 0.263 bits per heavy atom. The third-order valence-corrected chi connectivity index (χ3v) is 44.9. The molecule has 137 heavy (non-hydrogen) atoms. The third-order valence-electron chi connectivity index (χ3n) is 44.9. The Hall–Kier alpha value is -3.18. The minimum atomic E-state index is -0.351. The van der Waals surface area contributed by atoms with Crippen LogP contribution in [0.25, 0.3) is 0 Å². The van der Waals surface area contributed by atoms with Crippen LogP contribution in [0.4, 0.5) is 0 Å². The topological polar surface area (TPSA) is 158 Å². The van der Waals surface area contributed by atoms with Crippen LogP contribution >= 0.6 is 0 Å². The van der Waals surface area contributed by atoms with Gasteiger partial charge in [-0.25, -0.2) is 0 Å². The second kappa shape index (κ2) is 46.1. The van der Waals surface area contributed by atoms with Crippen LogP contribution in [0.1, 0.15) is 492 Å². The van der Waals surface area contributed by atoms with Gasteiger partial charge in [0.2, 0.25) is 0 Å². The highest BCUT2D eigenvalue weighted by molar-refractivity contribution is 5.78. The number of hydrogen-bond acceptors (Lipinski definition) is 12. The largest absolute Gasteiger partial charge is 0.459 e. The monoisotopic (exact) mass is 1920 g/mol. The SMILES string of the molecule is C.C.C.C.C.C.C.C.C.C.C.C.CCC(C)(C)C(=O)OC1(C(C)C)C2CC3CC(C2)CC1C3.CCC(C)(C)C(=O)OC1(C)CC2CC1C1C3CCC(C3)C21.CCC(C)(C)C(=O)OC1(CC)CC2CC1C1C3CCC(C3)C21.CCC(C)C(=O)OC1(C(C)C)C2CC3CC(C2)CC1C3.CCC(C)C(=O)OC1(C)CC2CC1C1C3CCC(C3)C21.CCC(C)C(=O)OC1(CC)CC2CC1C1C3CCC(C3)C21. The highest BCUT2D eigenvalue weighted by Gasteiger charge is 2.73. The highest BCUT2D eigenvalue weighted by Crippen LogP contribution is 2.76. The van der Waals surface area contributed by atoms with E-state index in [0.717, 1.165) is 213 Å². The second-order valence-electron chi connectivity index (χ2n) is 52.3. The van der Waals surface area contributed by atoms with Gasteiger partial charge in [-0.3, -0.25) is 28.8 Å². The lowest BCUT2D eigenvalue weighted by Gasteiger charge is -2.62. The van der Waals surface area contributed by atoms with Gasteiger partial charge in [0.15, 0.2) is 0 Å². The first-order valence-corrected chi connectivity index (χ1v) is 54.5. The molecule has 0 saturated heterocycles. The molecule has 24 rings (SSSR count). The summed E-state index contributed by atoms with van der Waals surface area (Å²) in [5.74, 6) is 29.0. The van der Waals surface area contributed by atoms with E-state index in [1.54, 1.807) is 0 Å². The van der Waals surface area contributed by atoms with Gasteiger partial charge in [0.1, 0.15) is 33.6 Å². The molecule has 802 valence electrons. The van der Waals surface area contributed by atoms with Gasteiger partial charge in [0.25, 0.3) is 0 Å². The van der Waals surface area contributed by atoms with E-state index in [-0.39, 0.29) is 193 Å². The van der Waals surface area contributed by atoms with Crippen molar-refractivity contribution in [1.82, 2.24) is 0 Å². The molecule has 0 aromatic heterocycles. The summed E-state index contributed by atoms with van der Waals surface area (Å²) < 4.78 is 37.4. The number of esters is 6. The molecule has 24 bridgehead atoms. The van der Waals surface area contributed by atoms with E-state index in [0.29, 0.717) is 59.2 Å². The van der Waals surface area contributed by atoms with Gasteiger partial charge in [-0.05, 0) is 477 Å². The predicted molar refractivity (Wildman–Crippen MR) is 576 cm³/mol. The maximum absolute atomic E-state index is 12.8. The van der Waals surface area contributed by atoms with E-state index in [4.69, 9.17) is 28.4 Å². The van der Waals surface area contributed by atoms with Crippen LogP contribution in [0.5, 0.6) is 0 Å². The Balaban J connectivity index is 0.000000285. The van der Waals surface area contributed by atoms with Gasteiger partial charge < -0.3 is 28.4 Å². The van der Waals surface area contributed by atoms with E-state index < -0.39 is 0 Å². The molecule has 0 aliphatic heterocycles. The van der Waals surface area contributed by atoms with Crippen molar-refractivity contribution in [3.8, 4) is 0 Å². The minimum Gasteiger partial charge on any atom is -0.459 e. The van der Waals surface area contributed by atoms with Crippen molar-refractivity contribution < 1.29 is 57.2 Å². The van der Waals surface area contributed by atoms with Crippen LogP contribution in [0, 0.1) is 235 Å². The molecule has 12 heteroatoms. The van der Waals surface area contributed by atoms with E-state index in [2.05, 4.69) is 96.9 Å². The summed E-state index contributed by atoms with van der Waals surface area (Å²) in [5, 5.41) is 0. The van der Waals surface area contributed by atoms with Crippen molar-refractivity contribution in [1.29, 1.82) is 0 Å². The molecule has 31 unspecified atom stereocenters. The van der Waals surface area contributed by atoms with Gasteiger partial charge >= 0.3 is 35.8 Å². The zero-order valence-electron chi connectivity index (χ0n) is 83.6. The first kappa shape index (κ1) is 124. The van der Waals surface area contributed by atoms with Crippen molar-refractivity contribution >= 4 is 35.8 Å². The van der Waals surface area contributed by atoms with Crippen molar-refractivity contribution in [3.05, 3.63) is 0 Å². The quantitative estimate of drug-likeness (QED) is 0.0575. The van der Waals surface area contributed by atoms with Crippen LogP contribution in [0.3, 0.4) is 0 Å². The standard InChI is InChI=1S/C20H32O2.2C19H30O2.C19H32O2.C18H28O2.C18H30O2.12CH4/c1-5-19(3,4)18(21)22-20(6-2)11-14-10-15(20)17-13-8-7-12(9-13)16(14)17;1-5-18(2,3)17(20)21-19(4)10-13-9-14(19)16-12-7-6-11(8-12)15(13)16;1-4-11(3)18(20)21-19(5-2)10-14-9-15(19)17-13-7-6-12(8-13)16(14)17;1-6-18(4,5)17(20)21-19(12(2)3)15-8-13-7-14(10-15)11-16(19)9-13;1-4-10(2)17(19)20-18(3)9-13-8-14(18)16-12-6-5-11(7-12)15(13)16;1-5-12(4)17(19)20-18(11(2)3)15-7-13-6-14(9-15)10-16(18)8-13;;;;;;;;;;;;/h12-17H,5-11H2,1-4H3;11-16H,5-10H2,1-4H3;11-17H,4-10H2,1-3H3;12-16H,6-11H2,1-5H3;10-16H,4-9H2,1-3H3;11-16H,5-10H2,1-4H3;12*1H4. The maximum Gasteiger partial charge on any atom is 0.312 e. The summed E-state index contributed by atoms with van der Waals surface area (Å²) in [6.45, 7) is 48.7. The number of fused-ring (bicyclic) bond motifs is 36. The first-order chi connectivity index (χ1) is 59.2. The average molecular weight is 1930 g/mol. The molecule has 24 fully saturated rings. The Bertz CT molecular complexity index is 3840. The van der Waals surface area contributed by atoms with Gasteiger partial charge in [-0.15, -0.1) is 0 Å². The molecule has 12 nitrogen and oxygen atoms in total. The lowest BCUT2D eigenvalue weighted by Crippen LogP contribution is -2.63. The second-order valence-corrected chi connectivity index (χ2v) is 52.3. The van der Waals surface area contributed by atoms with Gasteiger partial charge in [-0.2, -0.15) is 0 Å². The molecule has 31 atom stereocenters. The van der Waals surface area contributed by atoms with Gasteiger partial charge in [-0.1, -0.05) is 193 Å². The van der Waals surface area contributed by atoms with Gasteiger partial charge in [0.05, 0.1) is 34.0 Å². The molecular formula is C125H230O12. The maximum atomic E-state index is 12.8. The summed E-state index contributed by atoms with van der Waals surface area (Å²) in [7, 11) is 0. The van der Waals surface area contributed by atoms with Crippen molar-refractivity contribution in [3.63, 3.8) is 0 Å². The Morgan fingerprint density at radius 3 is 0.781 bits per heavy atom. The van der Waals surface area contributed by atoms with Gasteiger partial charge in [0, 0.05) is 23.7 Å². The van der Waals surface area contributed by atoms with Crippen molar-refractivity contribution in [2.75, 3.05) is 0 Å². The summed E-state index contributed by atoms with van der Waals surface area (Å²) in [6.07, 6.45) is 48.2. The average Bonchev–Trinajstić information content (AvgIpc) is 1.46. The number of ether oxygens (including phenoxy) is 6. The minimum absolute atomic E-state index is 0. The molecule has 0 spiro atoms. The van der Waals surface area contributed by atoms with Crippen LogP contribution in [-0.4, -0.2) is 69.4 Å². The molecule has 0 amide bonds. The summed E-state index contributed by atoms with van der Waals surface area (Å²) in [4.78, 5) is 75.2. The normalized spacial score (nSPS) is 43.9. The Kier molecular flexibility index (Phi) is 41.8. The summed E-state index contributed by atoms with van der Waals surface area (Å²) >= 11 is 0. The molecule has 24 aliphatic rings. The van der Waals surface area contributed by atoms with E-state index >= 15 is 0 Å². The molecule has 0 aromatic rings. The molecule has 0 aromatic carbocycles. The third kappa shape index (κ3) is 20.9. The molecule has 24 aliphatic carbocycles. The summed E-state index contributed by atoms with van der Waals surface area (Å²) in [5.41, 5.74) is -1.87. The van der Waals surface area contributed by atoms with E-state index in [9.17, 15) is 28.8 Å². The fourth-order valence-corrected chi connectivity index (χ4v) is 37.7. The molecule has 0 heterocycles. The Morgan fingerprint density at radius 2 is 0.496 bits per heavy atom. The van der Waals surface area contributed by atoms with Crippen LogP contribution in [-0.2, 0) is 57.2 Å². The molecule has 0 N–H and O–H groups in total. The highest BCUT2D eigenvalue weighted by atomic mass is 16.6. The lowest BCUT2D eigenvalue weighted by molar-refractivity contribution is -0.231. The number of rotatable bonds is 22. The predicted octanol–water partition coefficient (Wildman–Crippen LogP) is 34.6. The Labute approximate surface area is 849 Å². The molecular weight excluding hydrogens is 1690 g/mol. The summed E-state index contributed by atoms with van der Waals surface area (Å²) in [6, 6.07) is 0. The number of carbonyl (C=O) groups is 6. The van der Waals surface area contributed by atoms with Crippen molar-refractivity contribution in [2.24, 2.45) is 235 Å². The first-order valence-electron chi connectivity index (χ1n) is 54.5. The van der Waals surface area contributed by atoms with Crippen molar-refractivity contribution in [2.45, 2.75) is 526 Å². The van der Waals surface area contributed by atoms with Crippen LogP contribution in [0.2, 0.25) is 0 Å². The zero-order valence-corrected chi connectivity index (χ0v) is 83.6. The van der Waals surface area contributed by atoms with E-state index in [1.165, 1.54) is 173 Å².